The number of nitrogens with one attached hydrogen (secondary N) is 1. The summed E-state index contributed by atoms with van der Waals surface area (Å²) in [6, 6.07) is 15.9. The fourth-order valence-electron chi connectivity index (χ4n) is 2.49. The third kappa shape index (κ3) is 3.80. The fraction of sp³-hybridized carbons (Fsp3) is 0.222. The number of furan rings is 1. The Labute approximate surface area is 146 Å². The summed E-state index contributed by atoms with van der Waals surface area (Å²) in [5.74, 6) is 0.805. The summed E-state index contributed by atoms with van der Waals surface area (Å²) in [7, 11) is -3.33. The quantitative estimate of drug-likeness (QED) is 0.712. The molecule has 1 aromatic heterocycles. The van der Waals surface area contributed by atoms with Gasteiger partial charge in [-0.2, -0.15) is 0 Å². The van der Waals surface area contributed by atoms with Gasteiger partial charge in [-0.1, -0.05) is 29.8 Å². The molecule has 3 aromatic rings. The van der Waals surface area contributed by atoms with Crippen molar-refractivity contribution in [2.24, 2.45) is 0 Å². The van der Waals surface area contributed by atoms with Crippen LogP contribution in [0.15, 0.2) is 63.9 Å². The summed E-state index contributed by atoms with van der Waals surface area (Å²) in [6.45, 7) is 2.29. The Balaban J connectivity index is 1.62. The number of hydrogen-bond acceptors (Lipinski definition) is 4. The van der Waals surface area contributed by atoms with Crippen LogP contribution in [0.3, 0.4) is 0 Å². The number of halogens is 1. The molecule has 1 atom stereocenters. The zero-order valence-electron chi connectivity index (χ0n) is 13.2. The Morgan fingerprint density at radius 3 is 2.54 bits per heavy atom. The first-order valence-electron chi connectivity index (χ1n) is 7.66. The van der Waals surface area contributed by atoms with E-state index in [4.69, 9.17) is 16.0 Å². The highest BCUT2D eigenvalue weighted by atomic mass is 35.5. The number of benzene rings is 2. The Morgan fingerprint density at radius 1 is 1.12 bits per heavy atom. The zero-order valence-corrected chi connectivity index (χ0v) is 14.8. The van der Waals surface area contributed by atoms with E-state index in [9.17, 15) is 8.42 Å². The molecule has 0 saturated heterocycles. The number of para-hydroxylation sites is 1. The second-order valence-electron chi connectivity index (χ2n) is 5.64. The maximum absolute atomic E-state index is 12.3. The zero-order chi connectivity index (χ0) is 17.2. The van der Waals surface area contributed by atoms with Gasteiger partial charge in [-0.15, -0.1) is 0 Å². The van der Waals surface area contributed by atoms with E-state index in [1.165, 1.54) is 12.1 Å². The molecule has 0 fully saturated rings. The minimum atomic E-state index is -3.33. The van der Waals surface area contributed by atoms with Crippen molar-refractivity contribution in [3.63, 3.8) is 0 Å². The Kier molecular flexibility index (Phi) is 4.94. The van der Waals surface area contributed by atoms with E-state index in [0.717, 1.165) is 16.7 Å². The van der Waals surface area contributed by atoms with Gasteiger partial charge in [0.2, 0.25) is 0 Å². The summed E-state index contributed by atoms with van der Waals surface area (Å²) in [4.78, 5) is 0.282. The minimum absolute atomic E-state index is 0.0131. The summed E-state index contributed by atoms with van der Waals surface area (Å²) in [5, 5.41) is 4.75. The Bertz CT molecular complexity index is 899. The lowest BCUT2D eigenvalue weighted by Crippen LogP contribution is -2.25. The van der Waals surface area contributed by atoms with Crippen molar-refractivity contribution < 1.29 is 12.8 Å². The molecule has 0 aliphatic rings. The highest BCUT2D eigenvalue weighted by Crippen LogP contribution is 2.23. The molecule has 1 N–H and O–H groups in total. The molecule has 1 unspecified atom stereocenters. The monoisotopic (exact) mass is 363 g/mol. The van der Waals surface area contributed by atoms with Crippen LogP contribution in [0.5, 0.6) is 0 Å². The van der Waals surface area contributed by atoms with E-state index in [2.05, 4.69) is 5.32 Å². The van der Waals surface area contributed by atoms with Gasteiger partial charge in [0.15, 0.2) is 9.84 Å². The molecule has 0 aliphatic heterocycles. The van der Waals surface area contributed by atoms with E-state index in [1.54, 1.807) is 12.1 Å². The summed E-state index contributed by atoms with van der Waals surface area (Å²) in [5.41, 5.74) is 0.829. The maximum Gasteiger partial charge on any atom is 0.179 e. The van der Waals surface area contributed by atoms with E-state index in [0.29, 0.717) is 11.6 Å². The minimum Gasteiger partial charge on any atom is -0.459 e. The summed E-state index contributed by atoms with van der Waals surface area (Å²) >= 11 is 5.79. The van der Waals surface area contributed by atoms with Crippen LogP contribution in [0, 0.1) is 0 Å². The number of sulfone groups is 1. The topological polar surface area (TPSA) is 59.3 Å². The molecule has 1 heterocycles. The molecule has 0 amide bonds. The second kappa shape index (κ2) is 6.97. The van der Waals surface area contributed by atoms with Gasteiger partial charge >= 0.3 is 0 Å². The third-order valence-electron chi connectivity index (χ3n) is 3.87. The Hall–Kier alpha value is -1.82. The van der Waals surface area contributed by atoms with E-state index in [1.807, 2.05) is 37.3 Å². The molecular weight excluding hydrogens is 346 g/mol. The third-order valence-corrected chi connectivity index (χ3v) is 5.85. The lowest BCUT2D eigenvalue weighted by molar-refractivity contribution is 0.459. The molecule has 6 heteroatoms. The number of rotatable bonds is 6. The molecule has 0 aliphatic carbocycles. The van der Waals surface area contributed by atoms with Crippen molar-refractivity contribution >= 4 is 32.4 Å². The van der Waals surface area contributed by atoms with Gasteiger partial charge < -0.3 is 9.73 Å². The van der Waals surface area contributed by atoms with Gasteiger partial charge in [-0.3, -0.25) is 0 Å². The molecule has 24 heavy (non-hydrogen) atoms. The van der Waals surface area contributed by atoms with E-state index < -0.39 is 9.84 Å². The van der Waals surface area contributed by atoms with Crippen molar-refractivity contribution in [2.45, 2.75) is 17.9 Å². The second-order valence-corrected chi connectivity index (χ2v) is 8.18. The molecular formula is C18H18ClNO3S. The van der Waals surface area contributed by atoms with Crippen LogP contribution in [-0.2, 0) is 9.84 Å². The predicted octanol–water partition coefficient (Wildman–Crippen LogP) is 4.21. The maximum atomic E-state index is 12.3. The summed E-state index contributed by atoms with van der Waals surface area (Å²) < 4.78 is 30.4. The van der Waals surface area contributed by atoms with Gasteiger partial charge in [0.05, 0.1) is 16.7 Å². The van der Waals surface area contributed by atoms with Crippen molar-refractivity contribution in [3.05, 3.63) is 65.4 Å². The van der Waals surface area contributed by atoms with Gasteiger partial charge in [0.1, 0.15) is 11.3 Å². The van der Waals surface area contributed by atoms with Gasteiger partial charge in [0, 0.05) is 17.0 Å². The van der Waals surface area contributed by atoms with Crippen LogP contribution in [0.4, 0.5) is 0 Å². The smallest absolute Gasteiger partial charge is 0.179 e. The van der Waals surface area contributed by atoms with Crippen LogP contribution in [0.2, 0.25) is 5.02 Å². The summed E-state index contributed by atoms with van der Waals surface area (Å²) in [6.07, 6.45) is 0. The van der Waals surface area contributed by atoms with Crippen molar-refractivity contribution in [1.82, 2.24) is 5.32 Å². The van der Waals surface area contributed by atoms with Crippen LogP contribution in [0.25, 0.3) is 11.0 Å². The first-order chi connectivity index (χ1) is 11.5. The lowest BCUT2D eigenvalue weighted by Gasteiger charge is -2.11. The molecule has 2 aromatic carbocycles. The van der Waals surface area contributed by atoms with Crippen LogP contribution in [-0.4, -0.2) is 20.7 Å². The molecule has 126 valence electrons. The molecule has 0 spiro atoms. The average molecular weight is 364 g/mol. The molecule has 0 bridgehead atoms. The Morgan fingerprint density at radius 2 is 1.83 bits per heavy atom. The average Bonchev–Trinajstić information content (AvgIpc) is 2.99. The van der Waals surface area contributed by atoms with Crippen LogP contribution < -0.4 is 5.32 Å². The largest absolute Gasteiger partial charge is 0.459 e. The predicted molar refractivity (Wildman–Crippen MR) is 96.1 cm³/mol. The number of hydrogen-bond donors (Lipinski definition) is 1. The first kappa shape index (κ1) is 17.0. The molecule has 3 rings (SSSR count). The van der Waals surface area contributed by atoms with Crippen molar-refractivity contribution in [1.29, 1.82) is 0 Å². The first-order valence-corrected chi connectivity index (χ1v) is 9.69. The van der Waals surface area contributed by atoms with Gasteiger partial charge in [0.25, 0.3) is 0 Å². The lowest BCUT2D eigenvalue weighted by atomic mass is 10.2. The highest BCUT2D eigenvalue weighted by molar-refractivity contribution is 7.91. The SMILES string of the molecule is CC(NCCS(=O)(=O)c1ccc(Cl)cc1)c1cc2ccccc2o1. The molecule has 0 radical (unpaired) electrons. The van der Waals surface area contributed by atoms with Crippen molar-refractivity contribution in [2.75, 3.05) is 12.3 Å². The van der Waals surface area contributed by atoms with Crippen molar-refractivity contribution in [3.8, 4) is 0 Å². The van der Waals surface area contributed by atoms with E-state index >= 15 is 0 Å². The van der Waals surface area contributed by atoms with Gasteiger partial charge in [-0.25, -0.2) is 8.42 Å². The van der Waals surface area contributed by atoms with Gasteiger partial charge in [-0.05, 0) is 43.3 Å². The normalized spacial score (nSPS) is 13.2. The molecule has 4 nitrogen and oxygen atoms in total. The highest BCUT2D eigenvalue weighted by Gasteiger charge is 2.16. The van der Waals surface area contributed by atoms with Crippen LogP contribution >= 0.6 is 11.6 Å². The van der Waals surface area contributed by atoms with E-state index in [-0.39, 0.29) is 16.7 Å². The fourth-order valence-corrected chi connectivity index (χ4v) is 3.79. The number of fused-ring (bicyclic) bond motifs is 1. The van der Waals surface area contributed by atoms with Crippen LogP contribution in [0.1, 0.15) is 18.7 Å². The molecule has 0 saturated carbocycles. The standard InChI is InChI=1S/C18H18ClNO3S/c1-13(18-12-14-4-2-3-5-17(14)23-18)20-10-11-24(21,22)16-8-6-15(19)7-9-16/h2-9,12-13,20H,10-11H2,1H3.